The first-order valence-corrected chi connectivity index (χ1v) is 9.16. The topological polar surface area (TPSA) is 55.8 Å². The van der Waals surface area contributed by atoms with E-state index < -0.39 is 10.0 Å². The van der Waals surface area contributed by atoms with Crippen molar-refractivity contribution in [3.05, 3.63) is 18.2 Å². The van der Waals surface area contributed by atoms with Gasteiger partial charge in [0.25, 0.3) is 0 Å². The van der Waals surface area contributed by atoms with Crippen molar-refractivity contribution in [1.29, 1.82) is 0 Å². The fraction of sp³-hybridized carbons (Fsp3) is 0.538. The Morgan fingerprint density at radius 2 is 2.00 bits per heavy atom. The van der Waals surface area contributed by atoms with Crippen LogP contribution in [0.1, 0.15) is 13.8 Å². The Hall–Kier alpha value is -0.920. The van der Waals surface area contributed by atoms with Gasteiger partial charge < -0.3 is 9.47 Å². The van der Waals surface area contributed by atoms with Gasteiger partial charge in [-0.05, 0) is 26.0 Å². The molecule has 0 saturated carbocycles. The average Bonchev–Trinajstić information content (AvgIpc) is 2.94. The lowest BCUT2D eigenvalue weighted by atomic mass is 10.3. The second-order valence-electron chi connectivity index (χ2n) is 4.19. The van der Waals surface area contributed by atoms with Crippen molar-refractivity contribution >= 4 is 21.8 Å². The second kappa shape index (κ2) is 6.69. The van der Waals surface area contributed by atoms with E-state index in [9.17, 15) is 8.42 Å². The fourth-order valence-electron chi connectivity index (χ4n) is 1.95. The smallest absolute Gasteiger partial charge is 0.247 e. The molecule has 1 aromatic rings. The van der Waals surface area contributed by atoms with Gasteiger partial charge in [0.15, 0.2) is 0 Å². The molecule has 2 rings (SSSR count). The van der Waals surface area contributed by atoms with Crippen molar-refractivity contribution in [2.75, 3.05) is 31.4 Å². The molecule has 0 amide bonds. The van der Waals surface area contributed by atoms with Crippen LogP contribution in [0.4, 0.5) is 0 Å². The van der Waals surface area contributed by atoms with Crippen LogP contribution in [0.25, 0.3) is 0 Å². The van der Waals surface area contributed by atoms with Gasteiger partial charge in [-0.3, -0.25) is 0 Å². The molecule has 20 heavy (non-hydrogen) atoms. The highest BCUT2D eigenvalue weighted by atomic mass is 32.2. The summed E-state index contributed by atoms with van der Waals surface area (Å²) in [7, 11) is -3.49. The van der Waals surface area contributed by atoms with E-state index in [1.54, 1.807) is 30.0 Å². The number of benzene rings is 1. The van der Waals surface area contributed by atoms with E-state index >= 15 is 0 Å². The first-order chi connectivity index (χ1) is 9.59. The van der Waals surface area contributed by atoms with E-state index in [0.717, 1.165) is 5.75 Å². The first kappa shape index (κ1) is 15.5. The zero-order valence-corrected chi connectivity index (χ0v) is 13.3. The van der Waals surface area contributed by atoms with Gasteiger partial charge in [0.1, 0.15) is 16.4 Å². The number of nitrogens with zero attached hydrogens (tertiary/aromatic N) is 1. The second-order valence-corrected chi connectivity index (χ2v) is 7.17. The highest BCUT2D eigenvalue weighted by Gasteiger charge is 2.30. The van der Waals surface area contributed by atoms with Crippen LogP contribution >= 0.6 is 11.8 Å². The zero-order chi connectivity index (χ0) is 14.6. The molecular formula is C13H19NO4S2. The standard InChI is InChI=1S/C13H19NO4S2/c1-3-17-11-5-6-13(12(9-11)18-4-2)20(15,16)14-7-8-19-10-14/h5-6,9H,3-4,7-8,10H2,1-2H3. The lowest BCUT2D eigenvalue weighted by molar-refractivity contribution is 0.316. The molecule has 0 aliphatic carbocycles. The van der Waals surface area contributed by atoms with Crippen LogP contribution in [0.5, 0.6) is 11.5 Å². The van der Waals surface area contributed by atoms with Gasteiger partial charge in [-0.1, -0.05) is 0 Å². The summed E-state index contributed by atoms with van der Waals surface area (Å²) in [5.41, 5.74) is 0. The molecule has 1 aliphatic heterocycles. The summed E-state index contributed by atoms with van der Waals surface area (Å²) in [5, 5.41) is 0. The number of hydrogen-bond acceptors (Lipinski definition) is 5. The molecule has 0 bridgehead atoms. The monoisotopic (exact) mass is 317 g/mol. The minimum atomic E-state index is -3.49. The minimum absolute atomic E-state index is 0.213. The predicted octanol–water partition coefficient (Wildman–Crippen LogP) is 2.18. The van der Waals surface area contributed by atoms with Crippen molar-refractivity contribution < 1.29 is 17.9 Å². The van der Waals surface area contributed by atoms with Crippen molar-refractivity contribution in [2.45, 2.75) is 18.7 Å². The van der Waals surface area contributed by atoms with Gasteiger partial charge in [-0.2, -0.15) is 4.31 Å². The number of hydrogen-bond donors (Lipinski definition) is 0. The molecule has 1 fully saturated rings. The van der Waals surface area contributed by atoms with Crippen molar-refractivity contribution in [2.24, 2.45) is 0 Å². The average molecular weight is 317 g/mol. The van der Waals surface area contributed by atoms with Gasteiger partial charge in [-0.15, -0.1) is 11.8 Å². The van der Waals surface area contributed by atoms with Crippen molar-refractivity contribution in [3.8, 4) is 11.5 Å². The highest BCUT2D eigenvalue weighted by Crippen LogP contribution is 2.33. The Bertz CT molecular complexity index is 553. The number of rotatable bonds is 6. The molecule has 0 radical (unpaired) electrons. The van der Waals surface area contributed by atoms with Gasteiger partial charge in [-0.25, -0.2) is 8.42 Å². The minimum Gasteiger partial charge on any atom is -0.494 e. The van der Waals surface area contributed by atoms with Crippen LogP contribution in [0.2, 0.25) is 0 Å². The van der Waals surface area contributed by atoms with Gasteiger partial charge in [0.2, 0.25) is 10.0 Å². The quantitative estimate of drug-likeness (QED) is 0.805. The summed E-state index contributed by atoms with van der Waals surface area (Å²) in [4.78, 5) is 0.213. The van der Waals surface area contributed by atoms with E-state index in [-0.39, 0.29) is 4.90 Å². The maximum Gasteiger partial charge on any atom is 0.247 e. The van der Waals surface area contributed by atoms with Crippen LogP contribution in [0, 0.1) is 0 Å². The molecule has 5 nitrogen and oxygen atoms in total. The van der Waals surface area contributed by atoms with Crippen LogP contribution in [-0.4, -0.2) is 44.1 Å². The Labute approximate surface area is 124 Å². The highest BCUT2D eigenvalue weighted by molar-refractivity contribution is 8.00. The van der Waals surface area contributed by atoms with Gasteiger partial charge >= 0.3 is 0 Å². The Morgan fingerprint density at radius 1 is 1.25 bits per heavy atom. The van der Waals surface area contributed by atoms with Crippen LogP contribution in [-0.2, 0) is 10.0 Å². The largest absolute Gasteiger partial charge is 0.494 e. The lowest BCUT2D eigenvalue weighted by Gasteiger charge is -2.18. The lowest BCUT2D eigenvalue weighted by Crippen LogP contribution is -2.28. The van der Waals surface area contributed by atoms with E-state index in [1.807, 2.05) is 13.8 Å². The molecular weight excluding hydrogens is 298 g/mol. The summed E-state index contributed by atoms with van der Waals surface area (Å²) in [6, 6.07) is 4.87. The molecule has 1 aromatic carbocycles. The van der Waals surface area contributed by atoms with Gasteiger partial charge in [0, 0.05) is 18.4 Å². The molecule has 1 aliphatic rings. The molecule has 0 N–H and O–H groups in total. The Kier molecular flexibility index (Phi) is 5.17. The molecule has 0 atom stereocenters. The van der Waals surface area contributed by atoms with E-state index in [2.05, 4.69) is 0 Å². The maximum atomic E-state index is 12.6. The van der Waals surface area contributed by atoms with Crippen molar-refractivity contribution in [3.63, 3.8) is 0 Å². The van der Waals surface area contributed by atoms with Crippen LogP contribution < -0.4 is 9.47 Å². The first-order valence-electron chi connectivity index (χ1n) is 6.57. The zero-order valence-electron chi connectivity index (χ0n) is 11.7. The van der Waals surface area contributed by atoms with Crippen LogP contribution in [0.15, 0.2) is 23.1 Å². The number of thioether (sulfide) groups is 1. The van der Waals surface area contributed by atoms with Crippen molar-refractivity contribution in [1.82, 2.24) is 4.31 Å². The molecule has 0 aromatic heterocycles. The summed E-state index contributed by atoms with van der Waals surface area (Å²) in [6.07, 6.45) is 0. The summed E-state index contributed by atoms with van der Waals surface area (Å²) < 4.78 is 37.5. The Morgan fingerprint density at radius 3 is 2.60 bits per heavy atom. The molecule has 7 heteroatoms. The van der Waals surface area contributed by atoms with E-state index in [1.165, 1.54) is 4.31 Å². The SMILES string of the molecule is CCOc1ccc(S(=O)(=O)N2CCSC2)c(OCC)c1. The molecule has 0 spiro atoms. The summed E-state index contributed by atoms with van der Waals surface area (Å²) >= 11 is 1.62. The normalized spacial score (nSPS) is 16.3. The molecule has 1 saturated heterocycles. The summed E-state index contributed by atoms with van der Waals surface area (Å²) in [6.45, 7) is 5.20. The Balaban J connectivity index is 2.38. The molecule has 0 unspecified atom stereocenters. The number of ether oxygens (including phenoxy) is 2. The number of sulfonamides is 1. The van der Waals surface area contributed by atoms with Gasteiger partial charge in [0.05, 0.1) is 19.1 Å². The third kappa shape index (κ3) is 3.21. The maximum absolute atomic E-state index is 12.6. The van der Waals surface area contributed by atoms with Crippen LogP contribution in [0.3, 0.4) is 0 Å². The summed E-state index contributed by atoms with van der Waals surface area (Å²) in [5.74, 6) is 2.31. The third-order valence-electron chi connectivity index (χ3n) is 2.86. The van der Waals surface area contributed by atoms with E-state index in [0.29, 0.717) is 37.1 Å². The molecule has 1 heterocycles. The predicted molar refractivity (Wildman–Crippen MR) is 80.0 cm³/mol. The molecule has 112 valence electrons. The fourth-order valence-corrected chi connectivity index (χ4v) is 4.88. The van der Waals surface area contributed by atoms with E-state index in [4.69, 9.17) is 9.47 Å². The third-order valence-corrected chi connectivity index (χ3v) is 5.88.